The normalized spacial score (nSPS) is 10.8. The Labute approximate surface area is 111 Å². The molecule has 90 valence electrons. The topological polar surface area (TPSA) is 17.8 Å². The lowest BCUT2D eigenvalue weighted by Gasteiger charge is -2.06. The van der Waals surface area contributed by atoms with Crippen molar-refractivity contribution >= 4 is 23.2 Å². The second-order valence-electron chi connectivity index (χ2n) is 4.07. The number of aryl methyl sites for hydroxylation is 2. The number of hydrogen-bond donors (Lipinski definition) is 0. The maximum absolute atomic E-state index is 6.25. The molecular weight excluding hydrogens is 255 g/mol. The molecule has 0 bridgehead atoms. The number of nitrogens with zero attached hydrogens (tertiary/aromatic N) is 2. The minimum absolute atomic E-state index is 0.401. The zero-order valence-corrected chi connectivity index (χ0v) is 11.4. The summed E-state index contributed by atoms with van der Waals surface area (Å²) in [5.41, 5.74) is 4.28. The van der Waals surface area contributed by atoms with E-state index in [2.05, 4.69) is 24.2 Å². The Hall–Kier alpha value is -0.990. The molecule has 0 aliphatic carbocycles. The van der Waals surface area contributed by atoms with Crippen LogP contribution >= 0.6 is 23.2 Å². The van der Waals surface area contributed by atoms with Crippen LogP contribution in [0.3, 0.4) is 0 Å². The van der Waals surface area contributed by atoms with E-state index in [0.717, 1.165) is 11.3 Å². The number of hydrogen-bond acceptors (Lipinski definition) is 1. The first-order chi connectivity index (χ1) is 8.13. The third-order valence-corrected chi connectivity index (χ3v) is 3.59. The van der Waals surface area contributed by atoms with Gasteiger partial charge in [-0.3, -0.25) is 0 Å². The van der Waals surface area contributed by atoms with Gasteiger partial charge in [0.25, 0.3) is 0 Å². The Morgan fingerprint density at radius 3 is 2.53 bits per heavy atom. The van der Waals surface area contributed by atoms with Crippen molar-refractivity contribution in [2.45, 2.75) is 26.3 Å². The average Bonchev–Trinajstić information content (AvgIpc) is 2.57. The molecule has 1 aromatic heterocycles. The van der Waals surface area contributed by atoms with Gasteiger partial charge in [0.15, 0.2) is 0 Å². The molecule has 1 aromatic carbocycles. The lowest BCUT2D eigenvalue weighted by Crippen LogP contribution is -2.03. The molecule has 4 heteroatoms. The minimum atomic E-state index is 0.401. The molecule has 0 aliphatic heterocycles. The lowest BCUT2D eigenvalue weighted by molar-refractivity contribution is 0.677. The van der Waals surface area contributed by atoms with Crippen LogP contribution in [0, 0.1) is 13.8 Å². The molecule has 0 aliphatic rings. The second-order valence-corrected chi connectivity index (χ2v) is 4.70. The molecule has 0 atom stereocenters. The third kappa shape index (κ3) is 2.48. The summed E-state index contributed by atoms with van der Waals surface area (Å²) in [6.07, 6.45) is 0. The van der Waals surface area contributed by atoms with Crippen LogP contribution in [-0.2, 0) is 12.4 Å². The van der Waals surface area contributed by atoms with Crippen molar-refractivity contribution in [3.8, 4) is 0 Å². The van der Waals surface area contributed by atoms with Gasteiger partial charge in [0.1, 0.15) is 5.15 Å². The van der Waals surface area contributed by atoms with Crippen LogP contribution in [0.2, 0.25) is 5.15 Å². The van der Waals surface area contributed by atoms with E-state index in [9.17, 15) is 0 Å². The fraction of sp³-hybridized carbons (Fsp3) is 0.308. The zero-order valence-electron chi connectivity index (χ0n) is 9.87. The Kier molecular flexibility index (Phi) is 3.75. The smallest absolute Gasteiger partial charge is 0.132 e. The number of aromatic nitrogens is 2. The highest BCUT2D eigenvalue weighted by Gasteiger charge is 2.12. The minimum Gasteiger partial charge on any atom is -0.249 e. The van der Waals surface area contributed by atoms with Gasteiger partial charge in [-0.15, -0.1) is 11.6 Å². The molecule has 17 heavy (non-hydrogen) atoms. The number of alkyl halides is 1. The van der Waals surface area contributed by atoms with Crippen molar-refractivity contribution in [1.29, 1.82) is 0 Å². The van der Waals surface area contributed by atoms with E-state index >= 15 is 0 Å². The van der Waals surface area contributed by atoms with E-state index < -0.39 is 0 Å². The number of halogens is 2. The molecule has 0 unspecified atom stereocenters. The molecule has 0 radical (unpaired) electrons. The first kappa shape index (κ1) is 12.5. The van der Waals surface area contributed by atoms with Crippen LogP contribution in [0.15, 0.2) is 24.3 Å². The molecule has 0 N–H and O–H groups in total. The summed E-state index contributed by atoms with van der Waals surface area (Å²) in [5.74, 6) is 0.401. The summed E-state index contributed by atoms with van der Waals surface area (Å²) in [4.78, 5) is 0. The third-order valence-electron chi connectivity index (χ3n) is 2.90. The Bertz CT molecular complexity index is 532. The quantitative estimate of drug-likeness (QED) is 0.772. The van der Waals surface area contributed by atoms with Gasteiger partial charge in [-0.05, 0) is 25.0 Å². The molecule has 1 heterocycles. The van der Waals surface area contributed by atoms with E-state index in [1.165, 1.54) is 11.1 Å². The van der Waals surface area contributed by atoms with Crippen molar-refractivity contribution < 1.29 is 0 Å². The van der Waals surface area contributed by atoms with Gasteiger partial charge in [-0.2, -0.15) is 5.10 Å². The van der Waals surface area contributed by atoms with Crippen LogP contribution in [0.5, 0.6) is 0 Å². The number of rotatable bonds is 3. The highest BCUT2D eigenvalue weighted by atomic mass is 35.5. The van der Waals surface area contributed by atoms with Gasteiger partial charge in [0, 0.05) is 5.56 Å². The molecule has 0 saturated heterocycles. The fourth-order valence-electron chi connectivity index (χ4n) is 1.80. The second kappa shape index (κ2) is 5.11. The lowest BCUT2D eigenvalue weighted by atomic mass is 10.1. The highest BCUT2D eigenvalue weighted by Crippen LogP contribution is 2.23. The molecule has 0 saturated carbocycles. The molecule has 0 fully saturated rings. The first-order valence-corrected chi connectivity index (χ1v) is 6.37. The highest BCUT2D eigenvalue weighted by molar-refractivity contribution is 6.31. The van der Waals surface area contributed by atoms with E-state index in [0.29, 0.717) is 17.6 Å². The van der Waals surface area contributed by atoms with E-state index in [-0.39, 0.29) is 0 Å². The van der Waals surface area contributed by atoms with Crippen LogP contribution in [0.25, 0.3) is 0 Å². The first-order valence-electron chi connectivity index (χ1n) is 5.45. The SMILES string of the molecule is Cc1ccccc1Cn1nc(C)c(CCl)c1Cl. The van der Waals surface area contributed by atoms with Gasteiger partial charge in [0.2, 0.25) is 0 Å². The Balaban J connectivity index is 2.34. The van der Waals surface area contributed by atoms with E-state index in [4.69, 9.17) is 23.2 Å². The van der Waals surface area contributed by atoms with Crippen molar-refractivity contribution in [2.75, 3.05) is 0 Å². The van der Waals surface area contributed by atoms with Crippen LogP contribution in [0.4, 0.5) is 0 Å². The summed E-state index contributed by atoms with van der Waals surface area (Å²) < 4.78 is 1.80. The molecule has 2 rings (SSSR count). The molecule has 0 spiro atoms. The molecule has 2 aromatic rings. The van der Waals surface area contributed by atoms with Crippen molar-refractivity contribution in [3.05, 3.63) is 51.8 Å². The van der Waals surface area contributed by atoms with Gasteiger partial charge in [-0.25, -0.2) is 4.68 Å². The summed E-state index contributed by atoms with van der Waals surface area (Å²) in [6, 6.07) is 8.22. The monoisotopic (exact) mass is 268 g/mol. The average molecular weight is 269 g/mol. The van der Waals surface area contributed by atoms with Crippen molar-refractivity contribution in [3.63, 3.8) is 0 Å². The van der Waals surface area contributed by atoms with E-state index in [1.807, 2.05) is 19.1 Å². The molecule has 0 amide bonds. The number of benzene rings is 1. The Morgan fingerprint density at radius 2 is 1.94 bits per heavy atom. The van der Waals surface area contributed by atoms with Crippen LogP contribution in [-0.4, -0.2) is 9.78 Å². The van der Waals surface area contributed by atoms with Gasteiger partial charge in [0.05, 0.1) is 18.1 Å². The van der Waals surface area contributed by atoms with Crippen LogP contribution in [0.1, 0.15) is 22.4 Å². The fourth-order valence-corrected chi connectivity index (χ4v) is 2.49. The maximum Gasteiger partial charge on any atom is 0.132 e. The van der Waals surface area contributed by atoms with Crippen LogP contribution < -0.4 is 0 Å². The molecule has 2 nitrogen and oxygen atoms in total. The largest absolute Gasteiger partial charge is 0.249 e. The van der Waals surface area contributed by atoms with Gasteiger partial charge < -0.3 is 0 Å². The van der Waals surface area contributed by atoms with E-state index in [1.54, 1.807) is 4.68 Å². The maximum atomic E-state index is 6.25. The standard InChI is InChI=1S/C13H14Cl2N2/c1-9-5-3-4-6-11(9)8-17-13(15)12(7-14)10(2)16-17/h3-6H,7-8H2,1-2H3. The van der Waals surface area contributed by atoms with Crippen molar-refractivity contribution in [2.24, 2.45) is 0 Å². The Morgan fingerprint density at radius 1 is 1.24 bits per heavy atom. The summed E-state index contributed by atoms with van der Waals surface area (Å²) in [7, 11) is 0. The summed E-state index contributed by atoms with van der Waals surface area (Å²) in [6.45, 7) is 4.70. The predicted molar refractivity (Wildman–Crippen MR) is 71.8 cm³/mol. The molecular formula is C13H14Cl2N2. The predicted octanol–water partition coefficient (Wildman–Crippen LogP) is 3.94. The van der Waals surface area contributed by atoms with Crippen molar-refractivity contribution in [1.82, 2.24) is 9.78 Å². The summed E-state index contributed by atoms with van der Waals surface area (Å²) >= 11 is 12.1. The summed E-state index contributed by atoms with van der Waals surface area (Å²) in [5, 5.41) is 5.06. The van der Waals surface area contributed by atoms with Gasteiger partial charge >= 0.3 is 0 Å². The zero-order chi connectivity index (χ0) is 12.4. The van der Waals surface area contributed by atoms with Gasteiger partial charge in [-0.1, -0.05) is 35.9 Å².